The van der Waals surface area contributed by atoms with Gasteiger partial charge in [-0.3, -0.25) is 0 Å². The van der Waals surface area contributed by atoms with E-state index in [1.165, 1.54) is 12.8 Å². The fourth-order valence-corrected chi connectivity index (χ4v) is 0.831. The number of rotatable bonds is 0. The van der Waals surface area contributed by atoms with Gasteiger partial charge in [0.25, 0.3) is 0 Å². The molecule has 0 unspecified atom stereocenters. The van der Waals surface area contributed by atoms with Crippen LogP contribution >= 0.6 is 0 Å². The molecule has 1 saturated heterocycles. The summed E-state index contributed by atoms with van der Waals surface area (Å²) in [6, 6.07) is 0. The van der Waals surface area contributed by atoms with Crippen molar-refractivity contribution in [3.63, 3.8) is 0 Å². The average Bonchev–Trinajstić information content (AvgIpc) is 3.10. The maximum absolute atomic E-state index is 9.75. The third kappa shape index (κ3) is 52.4. The molecule has 0 bridgehead atoms. The van der Waals surface area contributed by atoms with Crippen LogP contribution in [0, 0.1) is 45.4 Å². The van der Waals surface area contributed by atoms with Gasteiger partial charge in [0.2, 0.25) is 0 Å². The van der Waals surface area contributed by atoms with Crippen LogP contribution in [-0.4, -0.2) is 20.5 Å². The monoisotopic (exact) mass is 336 g/mol. The molecule has 1 heterocycles. The smallest absolute Gasteiger partial charge is 0.0312 e. The Morgan fingerprint density at radius 1 is 0.750 bits per heavy atom. The Labute approximate surface area is 127 Å². The first kappa shape index (κ1) is 28.0. The molecule has 5 radical (unpaired) electrons. The predicted molar refractivity (Wildman–Crippen MR) is 59.6 cm³/mol. The van der Waals surface area contributed by atoms with E-state index < -0.39 is 7.25 Å². The summed E-state index contributed by atoms with van der Waals surface area (Å²) in [6.07, 6.45) is 12.6. The minimum Gasteiger partial charge on any atom is -0.0312 e. The zero-order valence-electron chi connectivity index (χ0n) is 10.4. The summed E-state index contributed by atoms with van der Waals surface area (Å²) < 4.78 is 58.9. The Morgan fingerprint density at radius 3 is 1.05 bits per heavy atom. The molecule has 1 saturated carbocycles. The molecule has 0 aromatic rings. The van der Waals surface area contributed by atoms with Crippen LogP contribution in [0.4, 0.5) is 17.3 Å². The van der Waals surface area contributed by atoms with Crippen molar-refractivity contribution in [2.24, 2.45) is 0 Å². The van der Waals surface area contributed by atoms with Gasteiger partial charge >= 0.3 is 46.9 Å². The van der Waals surface area contributed by atoms with Gasteiger partial charge in [0, 0.05) is 13.2 Å². The Morgan fingerprint density at radius 2 is 0.950 bits per heavy atom. The van der Waals surface area contributed by atoms with Crippen LogP contribution < -0.4 is 0 Å². The van der Waals surface area contributed by atoms with Crippen molar-refractivity contribution in [2.45, 2.75) is 12.8 Å². The first-order valence-electron chi connectivity index (χ1n) is 5.03. The topological polar surface area (TPSA) is 49.0 Å². The molecule has 2 fully saturated rings. The average molecular weight is 336 g/mol. The van der Waals surface area contributed by atoms with Gasteiger partial charge in [-0.1, -0.05) is 0 Å². The van der Waals surface area contributed by atoms with E-state index in [4.69, 9.17) is 14.0 Å². The summed E-state index contributed by atoms with van der Waals surface area (Å²) in [7, 11) is -6.00. The van der Waals surface area contributed by atoms with E-state index in [-0.39, 0.29) is 17.1 Å². The van der Waals surface area contributed by atoms with E-state index in [1.54, 1.807) is 0 Å². The predicted octanol–water partition coefficient (Wildman–Crippen LogP) is 3.04. The van der Waals surface area contributed by atoms with Crippen molar-refractivity contribution in [2.75, 3.05) is 13.2 Å². The molecule has 2 aliphatic rings. The fourth-order valence-electron chi connectivity index (χ4n) is 0.831. The summed E-state index contributed by atoms with van der Waals surface area (Å²) in [5, 5.41) is 0. The summed E-state index contributed by atoms with van der Waals surface area (Å²) in [5.74, 6) is 0. The van der Waals surface area contributed by atoms with E-state index in [2.05, 4.69) is 13.3 Å². The van der Waals surface area contributed by atoms with Gasteiger partial charge in [-0.15, -0.1) is 0 Å². The van der Waals surface area contributed by atoms with Crippen molar-refractivity contribution in [3.8, 4) is 0 Å². The van der Waals surface area contributed by atoms with Gasteiger partial charge in [0.05, 0.1) is 0 Å². The molecule has 0 aromatic heterocycles. The number of halogens is 4. The molecule has 2 rings (SSSR count). The second-order valence-corrected chi connectivity index (χ2v) is 2.78. The number of hydrogen-bond acceptors (Lipinski definition) is 1. The van der Waals surface area contributed by atoms with Crippen molar-refractivity contribution >= 4 is 7.25 Å². The quantitative estimate of drug-likeness (QED) is 0.290. The van der Waals surface area contributed by atoms with Crippen molar-refractivity contribution in [1.82, 2.24) is 0 Å². The normalized spacial score (nSPS) is 15.2. The Balaban J connectivity index is -0.0000000836. The molecule has 1 aliphatic heterocycles. The van der Waals surface area contributed by atoms with E-state index in [9.17, 15) is 17.3 Å². The zero-order valence-corrected chi connectivity index (χ0v) is 11.5. The standard InChI is InChI=1S/C5H5.C4H8O.2CO.BF4.Fe/c2*1-2-4-5-3-1;2*1-2;2-1(3,4)5;/h1-5H;1-4H2;;;;/q;;;;-1;+2. The summed E-state index contributed by atoms with van der Waals surface area (Å²) >= 11 is 0. The SMILES string of the molecule is C1CCOC1.F[B-](F)(F)F.[C-]#[O+].[C-]#[O+].[CH]1[CH][CH][CH][CH]1.[Fe+2]. The molecule has 0 N–H and O–H groups in total. The first-order chi connectivity index (χ1) is 9.00. The van der Waals surface area contributed by atoms with Crippen LogP contribution in [0.3, 0.4) is 0 Å². The minimum atomic E-state index is -6.00. The fraction of sp³-hybridized carbons (Fsp3) is 0.364. The van der Waals surface area contributed by atoms with Gasteiger partial charge in [0.1, 0.15) is 0 Å². The van der Waals surface area contributed by atoms with E-state index in [0.29, 0.717) is 0 Å². The molecule has 113 valence electrons. The maximum Gasteiger partial charge on any atom is 2.00 e. The number of ether oxygens (including phenoxy) is 1. The van der Waals surface area contributed by atoms with Crippen LogP contribution in [0.5, 0.6) is 0 Å². The number of hydrogen-bond donors (Lipinski definition) is 0. The van der Waals surface area contributed by atoms with E-state index >= 15 is 0 Å². The van der Waals surface area contributed by atoms with Crippen LogP contribution in [0.1, 0.15) is 12.8 Å². The second-order valence-electron chi connectivity index (χ2n) is 2.78. The molecule has 0 spiro atoms. The molecule has 0 amide bonds. The summed E-state index contributed by atoms with van der Waals surface area (Å²) in [4.78, 5) is 0. The molecule has 9 heteroatoms. The first-order valence-corrected chi connectivity index (χ1v) is 5.03. The third-order valence-corrected chi connectivity index (χ3v) is 1.38. The summed E-state index contributed by atoms with van der Waals surface area (Å²) in [5.41, 5.74) is 0. The van der Waals surface area contributed by atoms with Gasteiger partial charge < -0.3 is 22.0 Å². The van der Waals surface area contributed by atoms with E-state index in [1.807, 2.05) is 32.1 Å². The molecular formula is C11H13BF4FeO3+. The molecule has 0 atom stereocenters. The maximum atomic E-state index is 9.75. The molecule has 3 nitrogen and oxygen atoms in total. The van der Waals surface area contributed by atoms with Gasteiger partial charge in [-0.05, 0) is 44.9 Å². The van der Waals surface area contributed by atoms with E-state index in [0.717, 1.165) is 13.2 Å². The molecular weight excluding hydrogens is 323 g/mol. The Hall–Kier alpha value is -0.256. The van der Waals surface area contributed by atoms with Gasteiger partial charge in [-0.2, -0.15) is 0 Å². The Kier molecular flexibility index (Phi) is 33.3. The second kappa shape index (κ2) is 23.8. The van der Waals surface area contributed by atoms with Crippen molar-refractivity contribution < 1.29 is 48.4 Å². The molecule has 1 aliphatic carbocycles. The minimum absolute atomic E-state index is 0. The van der Waals surface area contributed by atoms with Crippen molar-refractivity contribution in [3.05, 3.63) is 45.4 Å². The largest absolute Gasteiger partial charge is 2.00 e. The van der Waals surface area contributed by atoms with Gasteiger partial charge in [0.15, 0.2) is 0 Å². The zero-order chi connectivity index (χ0) is 15.6. The van der Waals surface area contributed by atoms with Crippen LogP contribution in [0.25, 0.3) is 0 Å². The molecule has 20 heavy (non-hydrogen) atoms. The molecule has 0 aromatic carbocycles. The van der Waals surface area contributed by atoms with Gasteiger partial charge in [-0.25, -0.2) is 0 Å². The van der Waals surface area contributed by atoms with Crippen LogP contribution in [-0.2, 0) is 31.1 Å². The third-order valence-electron chi connectivity index (χ3n) is 1.38. The van der Waals surface area contributed by atoms with Crippen LogP contribution in [0.15, 0.2) is 0 Å². The Bertz CT molecular complexity index is 168. The van der Waals surface area contributed by atoms with Crippen molar-refractivity contribution in [1.29, 1.82) is 0 Å². The summed E-state index contributed by atoms with van der Waals surface area (Å²) in [6.45, 7) is 11.0. The van der Waals surface area contributed by atoms with Crippen LogP contribution in [0.2, 0.25) is 0 Å².